The fourth-order valence-electron chi connectivity index (χ4n) is 3.40. The van der Waals surface area contributed by atoms with Gasteiger partial charge in [0, 0.05) is 36.5 Å². The summed E-state index contributed by atoms with van der Waals surface area (Å²) in [5.41, 5.74) is 8.98. The van der Waals surface area contributed by atoms with Gasteiger partial charge >= 0.3 is 0 Å². The van der Waals surface area contributed by atoms with Crippen molar-refractivity contribution >= 4 is 22.7 Å². The molecule has 1 aliphatic heterocycles. The summed E-state index contributed by atoms with van der Waals surface area (Å²) >= 11 is 0. The Hall–Kier alpha value is -2.30. The highest BCUT2D eigenvalue weighted by atomic mass is 16.2. The van der Waals surface area contributed by atoms with Gasteiger partial charge in [-0.15, -0.1) is 0 Å². The van der Waals surface area contributed by atoms with Gasteiger partial charge in [-0.25, -0.2) is 0 Å². The van der Waals surface area contributed by atoms with E-state index in [1.165, 1.54) is 5.56 Å². The second-order valence-corrected chi connectivity index (χ2v) is 5.99. The molecule has 1 aromatic heterocycles. The number of nitrogens with two attached hydrogens (primary N) is 1. The summed E-state index contributed by atoms with van der Waals surface area (Å²) in [5, 5.41) is 1.05. The summed E-state index contributed by atoms with van der Waals surface area (Å²) < 4.78 is 0. The van der Waals surface area contributed by atoms with Crippen LogP contribution in [0.15, 0.2) is 18.2 Å². The number of carbonyl (C=O) groups excluding carboxylic acids is 2. The van der Waals surface area contributed by atoms with E-state index in [1.807, 2.05) is 24.8 Å². The minimum absolute atomic E-state index is 0.206. The summed E-state index contributed by atoms with van der Waals surface area (Å²) in [5.74, 6) is 0.0977. The van der Waals surface area contributed by atoms with Crippen molar-refractivity contribution in [1.82, 2.24) is 9.88 Å². The van der Waals surface area contributed by atoms with Gasteiger partial charge in [-0.2, -0.15) is 0 Å². The van der Waals surface area contributed by atoms with Crippen molar-refractivity contribution in [2.45, 2.75) is 32.6 Å². The first-order chi connectivity index (χ1) is 10.5. The highest BCUT2D eigenvalue weighted by Gasteiger charge is 2.28. The molecule has 1 saturated heterocycles. The van der Waals surface area contributed by atoms with Gasteiger partial charge in [0.2, 0.25) is 5.91 Å². The average molecular weight is 299 g/mol. The maximum Gasteiger partial charge on any atom is 0.250 e. The third kappa shape index (κ3) is 2.36. The lowest BCUT2D eigenvalue weighted by molar-refractivity contribution is -0.129. The van der Waals surface area contributed by atoms with Gasteiger partial charge in [0.25, 0.3) is 5.91 Å². The van der Waals surface area contributed by atoms with E-state index < -0.39 is 5.91 Å². The molecule has 0 radical (unpaired) electrons. The molecule has 5 heteroatoms. The summed E-state index contributed by atoms with van der Waals surface area (Å²) in [4.78, 5) is 28.6. The number of likely N-dealkylation sites (tertiary alicyclic amines) is 1. The van der Waals surface area contributed by atoms with Crippen LogP contribution in [0.4, 0.5) is 0 Å². The number of aromatic amines is 1. The molecule has 3 rings (SSSR count). The molecule has 1 aromatic carbocycles. The number of fused-ring (bicyclic) bond motifs is 1. The van der Waals surface area contributed by atoms with E-state index in [1.54, 1.807) is 6.07 Å². The summed E-state index contributed by atoms with van der Waals surface area (Å²) in [6, 6.07) is 5.84. The van der Waals surface area contributed by atoms with Crippen LogP contribution in [0.25, 0.3) is 10.9 Å². The predicted molar refractivity (Wildman–Crippen MR) is 85.8 cm³/mol. The molecule has 3 N–H and O–H groups in total. The summed E-state index contributed by atoms with van der Waals surface area (Å²) in [7, 11) is 0. The second kappa shape index (κ2) is 5.48. The molecule has 1 aliphatic rings. The second-order valence-electron chi connectivity index (χ2n) is 5.99. The van der Waals surface area contributed by atoms with E-state index in [9.17, 15) is 9.59 Å². The van der Waals surface area contributed by atoms with Crippen LogP contribution in [0.3, 0.4) is 0 Å². The van der Waals surface area contributed by atoms with E-state index in [0.717, 1.165) is 36.1 Å². The Morgan fingerprint density at radius 2 is 2.18 bits per heavy atom. The number of amides is 2. The molecule has 0 bridgehead atoms. The fourth-order valence-corrected chi connectivity index (χ4v) is 3.40. The largest absolute Gasteiger partial charge is 0.366 e. The molecular formula is C17H21N3O2. The van der Waals surface area contributed by atoms with E-state index in [2.05, 4.69) is 11.1 Å². The summed E-state index contributed by atoms with van der Waals surface area (Å²) in [6.07, 6.45) is 1.51. The topological polar surface area (TPSA) is 79.2 Å². The number of aromatic nitrogens is 1. The number of carbonyl (C=O) groups is 2. The standard InChI is InChI=1S/C17H21N3O2/c1-3-15(21)20-7-6-11(9-20)12-4-5-13(17(18)22)16-14(12)8-10(2)19-16/h4-5,8,11,19H,3,6-7,9H2,1-2H3,(H2,18,22)/t11-/m0/s1. The van der Waals surface area contributed by atoms with Gasteiger partial charge in [0.1, 0.15) is 0 Å². The van der Waals surface area contributed by atoms with Crippen LogP contribution in [0.2, 0.25) is 0 Å². The molecule has 22 heavy (non-hydrogen) atoms. The smallest absolute Gasteiger partial charge is 0.250 e. The molecule has 0 unspecified atom stereocenters. The van der Waals surface area contributed by atoms with Crippen LogP contribution in [-0.4, -0.2) is 34.8 Å². The molecular weight excluding hydrogens is 278 g/mol. The Kier molecular flexibility index (Phi) is 3.64. The van der Waals surface area contributed by atoms with Crippen LogP contribution in [0, 0.1) is 6.92 Å². The van der Waals surface area contributed by atoms with Crippen molar-refractivity contribution in [2.24, 2.45) is 5.73 Å². The van der Waals surface area contributed by atoms with E-state index >= 15 is 0 Å². The number of aryl methyl sites for hydroxylation is 1. The average Bonchev–Trinajstić information content (AvgIpc) is 3.10. The van der Waals surface area contributed by atoms with Gasteiger partial charge in [0.05, 0.1) is 11.1 Å². The van der Waals surface area contributed by atoms with Gasteiger partial charge in [-0.3, -0.25) is 9.59 Å². The lowest BCUT2D eigenvalue weighted by atomic mass is 9.93. The Bertz CT molecular complexity index is 748. The van der Waals surface area contributed by atoms with Crippen LogP contribution >= 0.6 is 0 Å². The molecule has 2 amide bonds. The lowest BCUT2D eigenvalue weighted by Crippen LogP contribution is -2.27. The molecule has 5 nitrogen and oxygen atoms in total. The Labute approximate surface area is 129 Å². The molecule has 116 valence electrons. The maximum absolute atomic E-state index is 11.9. The lowest BCUT2D eigenvalue weighted by Gasteiger charge is -2.16. The quantitative estimate of drug-likeness (QED) is 0.912. The van der Waals surface area contributed by atoms with Crippen molar-refractivity contribution in [3.05, 3.63) is 35.0 Å². The third-order valence-corrected chi connectivity index (χ3v) is 4.51. The van der Waals surface area contributed by atoms with Crippen LogP contribution in [-0.2, 0) is 4.79 Å². The van der Waals surface area contributed by atoms with Gasteiger partial charge < -0.3 is 15.6 Å². The minimum Gasteiger partial charge on any atom is -0.366 e. The van der Waals surface area contributed by atoms with Gasteiger partial charge in [0.15, 0.2) is 0 Å². The molecule has 2 aromatic rings. The zero-order chi connectivity index (χ0) is 15.9. The normalized spacial score (nSPS) is 18.1. The Balaban J connectivity index is 2.00. The number of hydrogen-bond donors (Lipinski definition) is 2. The molecule has 2 heterocycles. The number of nitrogens with zero attached hydrogens (tertiary/aromatic N) is 1. The fraction of sp³-hybridized carbons (Fsp3) is 0.412. The monoisotopic (exact) mass is 299 g/mol. The first kappa shape index (κ1) is 14.6. The third-order valence-electron chi connectivity index (χ3n) is 4.51. The molecule has 0 spiro atoms. The molecule has 1 fully saturated rings. The first-order valence-corrected chi connectivity index (χ1v) is 7.71. The SMILES string of the molecule is CCC(=O)N1CC[C@H](c2ccc(C(N)=O)c3[nH]c(C)cc23)C1. The van der Waals surface area contributed by atoms with Crippen molar-refractivity contribution < 1.29 is 9.59 Å². The zero-order valence-corrected chi connectivity index (χ0v) is 13.0. The minimum atomic E-state index is -0.424. The molecule has 0 aliphatic carbocycles. The number of primary amides is 1. The van der Waals surface area contributed by atoms with Crippen molar-refractivity contribution in [3.8, 4) is 0 Å². The van der Waals surface area contributed by atoms with Crippen LogP contribution in [0.5, 0.6) is 0 Å². The number of benzene rings is 1. The number of rotatable bonds is 3. The van der Waals surface area contributed by atoms with Crippen LogP contribution in [0.1, 0.15) is 47.3 Å². The van der Waals surface area contributed by atoms with E-state index in [4.69, 9.17) is 5.73 Å². The van der Waals surface area contributed by atoms with E-state index in [0.29, 0.717) is 17.9 Å². The highest BCUT2D eigenvalue weighted by Crippen LogP contribution is 2.34. The highest BCUT2D eigenvalue weighted by molar-refractivity contribution is 6.06. The first-order valence-electron chi connectivity index (χ1n) is 7.71. The van der Waals surface area contributed by atoms with Crippen molar-refractivity contribution in [1.29, 1.82) is 0 Å². The number of H-pyrrole nitrogens is 1. The van der Waals surface area contributed by atoms with E-state index in [-0.39, 0.29) is 5.91 Å². The summed E-state index contributed by atoms with van der Waals surface area (Å²) in [6.45, 7) is 5.42. The Morgan fingerprint density at radius 3 is 2.86 bits per heavy atom. The number of hydrogen-bond acceptors (Lipinski definition) is 2. The van der Waals surface area contributed by atoms with Gasteiger partial charge in [-0.1, -0.05) is 13.0 Å². The Morgan fingerprint density at radius 1 is 1.41 bits per heavy atom. The zero-order valence-electron chi connectivity index (χ0n) is 13.0. The van der Waals surface area contributed by atoms with Gasteiger partial charge in [-0.05, 0) is 31.0 Å². The maximum atomic E-state index is 11.9. The number of nitrogens with one attached hydrogen (secondary N) is 1. The van der Waals surface area contributed by atoms with Crippen molar-refractivity contribution in [3.63, 3.8) is 0 Å². The molecule has 1 atom stereocenters. The molecule has 0 saturated carbocycles. The van der Waals surface area contributed by atoms with Crippen LogP contribution < -0.4 is 5.73 Å². The predicted octanol–water partition coefficient (Wildman–Crippen LogP) is 2.30. The van der Waals surface area contributed by atoms with Crippen molar-refractivity contribution in [2.75, 3.05) is 13.1 Å².